The van der Waals surface area contributed by atoms with Gasteiger partial charge in [-0.2, -0.15) is 0 Å². The van der Waals surface area contributed by atoms with Gasteiger partial charge in [0, 0.05) is 5.56 Å². The number of phenolic OH excluding ortho intramolecular Hbond substituents is 1. The quantitative estimate of drug-likeness (QED) is 0.752. The van der Waals surface area contributed by atoms with Crippen LogP contribution in [0.5, 0.6) is 5.75 Å². The summed E-state index contributed by atoms with van der Waals surface area (Å²) in [5.41, 5.74) is 7.54. The Balaban J connectivity index is 2.18. The topological polar surface area (TPSA) is 66.5 Å². The van der Waals surface area contributed by atoms with Crippen LogP contribution < -0.4 is 5.73 Å². The van der Waals surface area contributed by atoms with Crippen LogP contribution in [0.2, 0.25) is 0 Å². The molecule has 3 nitrogen and oxygen atoms in total. The Morgan fingerprint density at radius 2 is 1.94 bits per heavy atom. The fraction of sp³-hybridized carbons (Fsp3) is 0.571. The molecule has 3 heteroatoms. The van der Waals surface area contributed by atoms with Gasteiger partial charge in [0.25, 0.3) is 0 Å². The second-order valence-corrected chi connectivity index (χ2v) is 5.07. The number of rotatable bonds is 3. The van der Waals surface area contributed by atoms with Crippen LogP contribution in [0.4, 0.5) is 0 Å². The number of aliphatic hydroxyl groups excluding tert-OH is 1. The van der Waals surface area contributed by atoms with Gasteiger partial charge < -0.3 is 15.9 Å². The van der Waals surface area contributed by atoms with Crippen LogP contribution >= 0.6 is 0 Å². The Kier molecular flexibility index (Phi) is 3.69. The Morgan fingerprint density at radius 3 is 2.59 bits per heavy atom. The third kappa shape index (κ3) is 2.45. The number of aromatic hydroxyl groups is 1. The molecule has 1 saturated carbocycles. The lowest BCUT2D eigenvalue weighted by Gasteiger charge is -2.25. The number of aryl methyl sites for hydroxylation is 1. The number of hydrogen-bond acceptors (Lipinski definition) is 3. The summed E-state index contributed by atoms with van der Waals surface area (Å²) in [7, 11) is 0. The molecule has 0 aromatic heterocycles. The summed E-state index contributed by atoms with van der Waals surface area (Å²) in [6.07, 6.45) is 3.89. The number of nitrogens with two attached hydrogens (primary N) is 1. The molecular weight excluding hydrogens is 214 g/mol. The van der Waals surface area contributed by atoms with Crippen molar-refractivity contribution in [2.24, 2.45) is 11.7 Å². The van der Waals surface area contributed by atoms with Gasteiger partial charge in [-0.25, -0.2) is 0 Å². The average Bonchev–Trinajstić information content (AvgIpc) is 2.84. The van der Waals surface area contributed by atoms with E-state index in [1.807, 2.05) is 19.1 Å². The Labute approximate surface area is 102 Å². The summed E-state index contributed by atoms with van der Waals surface area (Å²) in [6.45, 7) is 1.84. The molecule has 17 heavy (non-hydrogen) atoms. The minimum Gasteiger partial charge on any atom is -0.507 e. The van der Waals surface area contributed by atoms with Crippen molar-refractivity contribution in [3.05, 3.63) is 29.3 Å². The van der Waals surface area contributed by atoms with E-state index < -0.39 is 12.1 Å². The standard InChI is InChI=1S/C14H21NO2/c1-9-5-4-8-11(13(9)16)12(15)14(17)10-6-2-3-7-10/h4-5,8,10,12,14,16-17H,2-3,6-7,15H2,1H3/t12-,14+/m0/s1. The minimum atomic E-state index is -0.551. The molecule has 0 aliphatic heterocycles. The second-order valence-electron chi connectivity index (χ2n) is 5.07. The third-order valence-electron chi connectivity index (χ3n) is 3.88. The van der Waals surface area contributed by atoms with Gasteiger partial charge >= 0.3 is 0 Å². The van der Waals surface area contributed by atoms with Gasteiger partial charge in [0.2, 0.25) is 0 Å². The number of benzene rings is 1. The zero-order valence-electron chi connectivity index (χ0n) is 10.3. The van der Waals surface area contributed by atoms with Gasteiger partial charge in [0.05, 0.1) is 12.1 Å². The van der Waals surface area contributed by atoms with Crippen LogP contribution in [-0.4, -0.2) is 16.3 Å². The van der Waals surface area contributed by atoms with Crippen molar-refractivity contribution in [2.75, 3.05) is 0 Å². The lowest BCUT2D eigenvalue weighted by Crippen LogP contribution is -2.32. The molecule has 0 unspecified atom stereocenters. The predicted octanol–water partition coefficient (Wildman–Crippen LogP) is 2.25. The maximum Gasteiger partial charge on any atom is 0.123 e. The lowest BCUT2D eigenvalue weighted by atomic mass is 9.90. The molecule has 0 amide bonds. The molecule has 0 heterocycles. The number of phenols is 1. The van der Waals surface area contributed by atoms with Crippen molar-refractivity contribution in [1.82, 2.24) is 0 Å². The smallest absolute Gasteiger partial charge is 0.123 e. The van der Waals surface area contributed by atoms with Crippen molar-refractivity contribution in [3.63, 3.8) is 0 Å². The van der Waals surface area contributed by atoms with E-state index in [1.54, 1.807) is 6.07 Å². The highest BCUT2D eigenvalue weighted by atomic mass is 16.3. The van der Waals surface area contributed by atoms with E-state index >= 15 is 0 Å². The predicted molar refractivity (Wildman–Crippen MR) is 67.7 cm³/mol. The van der Waals surface area contributed by atoms with E-state index in [0.29, 0.717) is 5.56 Å². The third-order valence-corrected chi connectivity index (χ3v) is 3.88. The van der Waals surface area contributed by atoms with Crippen molar-refractivity contribution in [3.8, 4) is 5.75 Å². The number of para-hydroxylation sites is 1. The van der Waals surface area contributed by atoms with Crippen LogP contribution in [0.1, 0.15) is 42.9 Å². The van der Waals surface area contributed by atoms with Gasteiger partial charge in [-0.1, -0.05) is 31.0 Å². The van der Waals surface area contributed by atoms with E-state index in [1.165, 1.54) is 12.8 Å². The van der Waals surface area contributed by atoms with Crippen molar-refractivity contribution < 1.29 is 10.2 Å². The number of aliphatic hydroxyl groups is 1. The highest BCUT2D eigenvalue weighted by Crippen LogP contribution is 2.35. The zero-order chi connectivity index (χ0) is 12.4. The van der Waals surface area contributed by atoms with Gasteiger partial charge in [-0.05, 0) is 31.2 Å². The van der Waals surface area contributed by atoms with Crippen molar-refractivity contribution in [1.29, 1.82) is 0 Å². The first kappa shape index (κ1) is 12.4. The first-order chi connectivity index (χ1) is 8.11. The van der Waals surface area contributed by atoms with Crippen LogP contribution in [0.25, 0.3) is 0 Å². The Morgan fingerprint density at radius 1 is 1.29 bits per heavy atom. The molecule has 0 bridgehead atoms. The van der Waals surface area contributed by atoms with Crippen LogP contribution in [0, 0.1) is 12.8 Å². The fourth-order valence-electron chi connectivity index (χ4n) is 2.73. The summed E-state index contributed by atoms with van der Waals surface area (Å²) in [4.78, 5) is 0. The van der Waals surface area contributed by atoms with Gasteiger partial charge in [-0.3, -0.25) is 0 Å². The minimum absolute atomic E-state index is 0.219. The molecule has 0 saturated heterocycles. The molecule has 2 rings (SSSR count). The highest BCUT2D eigenvalue weighted by molar-refractivity contribution is 5.41. The normalized spacial score (nSPS) is 20.4. The van der Waals surface area contributed by atoms with E-state index in [0.717, 1.165) is 18.4 Å². The molecule has 1 fully saturated rings. The molecule has 4 N–H and O–H groups in total. The SMILES string of the molecule is Cc1cccc([C@H](N)[C@H](O)C2CCCC2)c1O. The second kappa shape index (κ2) is 5.07. The molecule has 1 aliphatic carbocycles. The lowest BCUT2D eigenvalue weighted by molar-refractivity contribution is 0.0836. The zero-order valence-corrected chi connectivity index (χ0v) is 10.3. The van der Waals surface area contributed by atoms with Gasteiger partial charge in [0.1, 0.15) is 5.75 Å². The van der Waals surface area contributed by atoms with Crippen LogP contribution in [0.15, 0.2) is 18.2 Å². The molecular formula is C14H21NO2. The Hall–Kier alpha value is -1.06. The van der Waals surface area contributed by atoms with E-state index in [2.05, 4.69) is 0 Å². The van der Waals surface area contributed by atoms with E-state index in [-0.39, 0.29) is 11.7 Å². The molecule has 94 valence electrons. The molecule has 1 aliphatic rings. The summed E-state index contributed by atoms with van der Waals surface area (Å²) in [5, 5.41) is 20.2. The first-order valence-corrected chi connectivity index (χ1v) is 6.33. The van der Waals surface area contributed by atoms with E-state index in [9.17, 15) is 10.2 Å². The van der Waals surface area contributed by atoms with Crippen molar-refractivity contribution >= 4 is 0 Å². The molecule has 0 spiro atoms. The number of hydrogen-bond donors (Lipinski definition) is 3. The summed E-state index contributed by atoms with van der Waals surface area (Å²) in [6, 6.07) is 5.02. The van der Waals surface area contributed by atoms with Crippen molar-refractivity contribution in [2.45, 2.75) is 44.8 Å². The molecule has 0 radical (unpaired) electrons. The summed E-state index contributed by atoms with van der Waals surface area (Å²) < 4.78 is 0. The first-order valence-electron chi connectivity index (χ1n) is 6.33. The average molecular weight is 235 g/mol. The highest BCUT2D eigenvalue weighted by Gasteiger charge is 2.30. The maximum atomic E-state index is 10.3. The molecule has 2 atom stereocenters. The van der Waals surface area contributed by atoms with Gasteiger partial charge in [-0.15, -0.1) is 0 Å². The monoisotopic (exact) mass is 235 g/mol. The summed E-state index contributed by atoms with van der Waals surface area (Å²) >= 11 is 0. The summed E-state index contributed by atoms with van der Waals surface area (Å²) in [5.74, 6) is 0.502. The fourth-order valence-corrected chi connectivity index (χ4v) is 2.73. The van der Waals surface area contributed by atoms with Crippen LogP contribution in [0.3, 0.4) is 0 Å². The Bertz CT molecular complexity index is 386. The van der Waals surface area contributed by atoms with Gasteiger partial charge in [0.15, 0.2) is 0 Å². The van der Waals surface area contributed by atoms with E-state index in [4.69, 9.17) is 5.73 Å². The largest absolute Gasteiger partial charge is 0.507 e. The van der Waals surface area contributed by atoms with Crippen LogP contribution in [-0.2, 0) is 0 Å². The molecule has 1 aromatic carbocycles. The molecule has 1 aromatic rings. The maximum absolute atomic E-state index is 10.3.